The van der Waals surface area contributed by atoms with E-state index < -0.39 is 27.0 Å². The number of aryl methyl sites for hydroxylation is 1. The number of carbonyl (C=O) groups excluding carboxylic acids is 2. The van der Waals surface area contributed by atoms with Crippen LogP contribution in [-0.2, 0) is 27.4 Å². The maximum Gasteiger partial charge on any atom is 0.341 e. The Bertz CT molecular complexity index is 1040. The Morgan fingerprint density at radius 3 is 2.55 bits per heavy atom. The normalized spacial score (nSPS) is 14.2. The summed E-state index contributed by atoms with van der Waals surface area (Å²) in [4.78, 5) is 26.5. The molecule has 1 aliphatic rings. The van der Waals surface area contributed by atoms with Crippen molar-refractivity contribution >= 4 is 38.1 Å². The van der Waals surface area contributed by atoms with Crippen molar-refractivity contribution in [3.8, 4) is 0 Å². The van der Waals surface area contributed by atoms with Crippen molar-refractivity contribution in [3.63, 3.8) is 0 Å². The summed E-state index contributed by atoms with van der Waals surface area (Å²) in [7, 11) is -2.16. The molecule has 1 aliphatic carbocycles. The van der Waals surface area contributed by atoms with Crippen LogP contribution in [0.4, 0.5) is 5.00 Å². The number of sulfone groups is 1. The highest BCUT2D eigenvalue weighted by Gasteiger charge is 2.27. The van der Waals surface area contributed by atoms with E-state index >= 15 is 0 Å². The molecule has 29 heavy (non-hydrogen) atoms. The van der Waals surface area contributed by atoms with Gasteiger partial charge in [0, 0.05) is 10.4 Å². The maximum absolute atomic E-state index is 12.9. The highest BCUT2D eigenvalue weighted by Crippen LogP contribution is 2.38. The molecule has 0 spiro atoms. The van der Waals surface area contributed by atoms with E-state index in [1.807, 2.05) is 0 Å². The Balaban J connectivity index is 1.95. The van der Waals surface area contributed by atoms with Gasteiger partial charge in [0.1, 0.15) is 5.00 Å². The second kappa shape index (κ2) is 8.67. The number of nitrogens with one attached hydrogen (secondary N) is 1. The number of amides is 1. The standard InChI is InChI=1S/C21H25NO5S2/c1-13(2)29(25,26)15-9-7-8-14(12-15)19(23)22-20-18(21(24)27-3)16-10-5-4-6-11-17(16)28-20/h7-9,12-13H,4-6,10-11H2,1-3H3,(H,22,23). The zero-order chi connectivity index (χ0) is 21.2. The largest absolute Gasteiger partial charge is 0.465 e. The van der Waals surface area contributed by atoms with E-state index in [1.54, 1.807) is 26.0 Å². The van der Waals surface area contributed by atoms with Crippen LogP contribution in [0.1, 0.15) is 64.3 Å². The molecule has 6 nitrogen and oxygen atoms in total. The van der Waals surface area contributed by atoms with Crippen molar-refractivity contribution in [2.24, 2.45) is 0 Å². The van der Waals surface area contributed by atoms with Gasteiger partial charge in [-0.1, -0.05) is 12.5 Å². The molecule has 1 aromatic heterocycles. The Kier molecular flexibility index (Phi) is 6.43. The number of ether oxygens (including phenoxy) is 1. The summed E-state index contributed by atoms with van der Waals surface area (Å²) in [5, 5.41) is 2.69. The van der Waals surface area contributed by atoms with Gasteiger partial charge in [0.05, 0.1) is 22.8 Å². The first-order chi connectivity index (χ1) is 13.8. The van der Waals surface area contributed by atoms with E-state index in [0.717, 1.165) is 42.5 Å². The number of benzene rings is 1. The molecule has 0 atom stereocenters. The van der Waals surface area contributed by atoms with Crippen LogP contribution in [0.3, 0.4) is 0 Å². The van der Waals surface area contributed by atoms with Gasteiger partial charge in [-0.15, -0.1) is 11.3 Å². The van der Waals surface area contributed by atoms with Crippen molar-refractivity contribution in [2.45, 2.75) is 56.1 Å². The Morgan fingerprint density at radius 1 is 1.14 bits per heavy atom. The molecule has 2 aromatic rings. The molecular weight excluding hydrogens is 410 g/mol. The highest BCUT2D eigenvalue weighted by molar-refractivity contribution is 7.92. The zero-order valence-corrected chi connectivity index (χ0v) is 18.4. The maximum atomic E-state index is 12.9. The van der Waals surface area contributed by atoms with Gasteiger partial charge in [0.15, 0.2) is 9.84 Å². The van der Waals surface area contributed by atoms with Gasteiger partial charge in [0.25, 0.3) is 5.91 Å². The van der Waals surface area contributed by atoms with Crippen LogP contribution in [0, 0.1) is 0 Å². The first kappa shape index (κ1) is 21.5. The number of hydrogen-bond acceptors (Lipinski definition) is 6. The number of anilines is 1. The van der Waals surface area contributed by atoms with Crippen LogP contribution in [0.2, 0.25) is 0 Å². The Morgan fingerprint density at radius 2 is 1.86 bits per heavy atom. The highest BCUT2D eigenvalue weighted by atomic mass is 32.2. The Labute approximate surface area is 175 Å². The van der Waals surface area contributed by atoms with Gasteiger partial charge in [-0.2, -0.15) is 0 Å². The fourth-order valence-corrected chi connectivity index (χ4v) is 5.79. The number of carbonyl (C=O) groups is 2. The third-order valence-corrected chi connectivity index (χ3v) is 8.44. The molecule has 1 N–H and O–H groups in total. The minimum Gasteiger partial charge on any atom is -0.465 e. The summed E-state index contributed by atoms with van der Waals surface area (Å²) in [5.41, 5.74) is 1.62. The summed E-state index contributed by atoms with van der Waals surface area (Å²) in [5.74, 6) is -0.914. The van der Waals surface area contributed by atoms with Crippen molar-refractivity contribution < 1.29 is 22.7 Å². The van der Waals surface area contributed by atoms with E-state index in [4.69, 9.17) is 4.74 Å². The van der Waals surface area contributed by atoms with Crippen molar-refractivity contribution in [2.75, 3.05) is 12.4 Å². The van der Waals surface area contributed by atoms with Gasteiger partial charge in [0.2, 0.25) is 0 Å². The first-order valence-electron chi connectivity index (χ1n) is 9.64. The van der Waals surface area contributed by atoms with Gasteiger partial charge >= 0.3 is 5.97 Å². The van der Waals surface area contributed by atoms with E-state index in [-0.39, 0.29) is 10.5 Å². The van der Waals surface area contributed by atoms with Crippen LogP contribution < -0.4 is 5.32 Å². The molecule has 0 bridgehead atoms. The minimum atomic E-state index is -3.49. The smallest absolute Gasteiger partial charge is 0.341 e. The molecule has 0 saturated heterocycles. The van der Waals surface area contributed by atoms with Gasteiger partial charge in [-0.3, -0.25) is 4.79 Å². The van der Waals surface area contributed by atoms with E-state index in [1.165, 1.54) is 30.6 Å². The van der Waals surface area contributed by atoms with Crippen LogP contribution in [0.25, 0.3) is 0 Å². The fourth-order valence-electron chi connectivity index (χ4n) is 3.41. The summed E-state index contributed by atoms with van der Waals surface area (Å²) >= 11 is 1.41. The number of fused-ring (bicyclic) bond motifs is 1. The van der Waals surface area contributed by atoms with Crippen LogP contribution >= 0.6 is 11.3 Å². The molecule has 0 aliphatic heterocycles. The quantitative estimate of drug-likeness (QED) is 0.560. The Hall–Kier alpha value is -2.19. The number of esters is 1. The zero-order valence-electron chi connectivity index (χ0n) is 16.8. The van der Waals surface area contributed by atoms with Crippen LogP contribution in [0.5, 0.6) is 0 Å². The monoisotopic (exact) mass is 435 g/mol. The van der Waals surface area contributed by atoms with E-state index in [2.05, 4.69) is 5.32 Å². The SMILES string of the molecule is COC(=O)c1c(NC(=O)c2cccc(S(=O)(=O)C(C)C)c2)sc2c1CCCCC2. The lowest BCUT2D eigenvalue weighted by Gasteiger charge is -2.10. The number of hydrogen-bond donors (Lipinski definition) is 1. The average molecular weight is 436 g/mol. The lowest BCUT2D eigenvalue weighted by Crippen LogP contribution is -2.17. The molecule has 8 heteroatoms. The molecular formula is C21H25NO5S2. The first-order valence-corrected chi connectivity index (χ1v) is 12.0. The fraction of sp³-hybridized carbons (Fsp3) is 0.429. The summed E-state index contributed by atoms with van der Waals surface area (Å²) in [6.07, 6.45) is 4.82. The summed E-state index contributed by atoms with van der Waals surface area (Å²) in [6, 6.07) is 5.97. The lowest BCUT2D eigenvalue weighted by molar-refractivity contribution is 0.0601. The predicted octanol–water partition coefficient (Wildman–Crippen LogP) is 4.24. The number of thiophene rings is 1. The average Bonchev–Trinajstić information content (AvgIpc) is 2.87. The molecule has 0 unspecified atom stereocenters. The van der Waals surface area contributed by atoms with Crippen molar-refractivity contribution in [3.05, 3.63) is 45.8 Å². The van der Waals surface area contributed by atoms with Gasteiger partial charge in [-0.05, 0) is 63.3 Å². The predicted molar refractivity (Wildman–Crippen MR) is 114 cm³/mol. The third kappa shape index (κ3) is 4.38. The second-order valence-corrected chi connectivity index (χ2v) is 10.9. The molecule has 1 aromatic carbocycles. The van der Waals surface area contributed by atoms with E-state index in [0.29, 0.717) is 10.6 Å². The number of methoxy groups -OCH3 is 1. The molecule has 1 amide bonds. The van der Waals surface area contributed by atoms with Gasteiger partial charge in [-0.25, -0.2) is 13.2 Å². The molecule has 0 radical (unpaired) electrons. The molecule has 1 heterocycles. The van der Waals surface area contributed by atoms with Crippen LogP contribution in [-0.4, -0.2) is 32.7 Å². The third-order valence-electron chi connectivity index (χ3n) is 5.08. The summed E-state index contributed by atoms with van der Waals surface area (Å²) in [6.45, 7) is 3.20. The summed E-state index contributed by atoms with van der Waals surface area (Å²) < 4.78 is 29.8. The topological polar surface area (TPSA) is 89.5 Å². The van der Waals surface area contributed by atoms with Crippen LogP contribution in [0.15, 0.2) is 29.2 Å². The van der Waals surface area contributed by atoms with Crippen molar-refractivity contribution in [1.29, 1.82) is 0 Å². The molecule has 0 saturated carbocycles. The van der Waals surface area contributed by atoms with E-state index in [9.17, 15) is 18.0 Å². The number of rotatable bonds is 5. The molecule has 0 fully saturated rings. The molecule has 156 valence electrons. The lowest BCUT2D eigenvalue weighted by atomic mass is 10.1. The van der Waals surface area contributed by atoms with Gasteiger partial charge < -0.3 is 10.1 Å². The van der Waals surface area contributed by atoms with Crippen molar-refractivity contribution in [1.82, 2.24) is 0 Å². The molecule has 3 rings (SSSR count). The minimum absolute atomic E-state index is 0.107. The second-order valence-electron chi connectivity index (χ2n) is 7.34.